The van der Waals surface area contributed by atoms with Gasteiger partial charge in [0.2, 0.25) is 0 Å². The van der Waals surface area contributed by atoms with Gasteiger partial charge in [0.05, 0.1) is 5.56 Å². The number of hydrogen-bond donors (Lipinski definition) is 1. The van der Waals surface area contributed by atoms with Gasteiger partial charge in [-0.05, 0) is 50.6 Å². The van der Waals surface area contributed by atoms with Crippen molar-refractivity contribution in [2.75, 3.05) is 19.3 Å². The summed E-state index contributed by atoms with van der Waals surface area (Å²) in [6.45, 7) is 3.59. The number of benzene rings is 1. The van der Waals surface area contributed by atoms with Gasteiger partial charge < -0.3 is 10.6 Å². The van der Waals surface area contributed by atoms with E-state index in [2.05, 4.69) is 6.92 Å². The molecule has 1 aromatic carbocycles. The van der Waals surface area contributed by atoms with Crippen LogP contribution in [0.4, 0.5) is 0 Å². The maximum absolute atomic E-state index is 12.7. The molecule has 0 aromatic heterocycles. The molecule has 3 nitrogen and oxygen atoms in total. The molecule has 1 aromatic rings. The molecule has 2 atom stereocenters. The molecular formula is C15H22N2OS. The van der Waals surface area contributed by atoms with Crippen molar-refractivity contribution >= 4 is 17.7 Å². The molecule has 1 amide bonds. The Kier molecular flexibility index (Phi) is 4.88. The number of hydrogen-bond acceptors (Lipinski definition) is 3. The molecule has 2 rings (SSSR count). The van der Waals surface area contributed by atoms with Gasteiger partial charge in [-0.25, -0.2) is 0 Å². The van der Waals surface area contributed by atoms with Crippen molar-refractivity contribution in [3.63, 3.8) is 0 Å². The van der Waals surface area contributed by atoms with Crippen LogP contribution in [0.15, 0.2) is 29.2 Å². The monoisotopic (exact) mass is 278 g/mol. The van der Waals surface area contributed by atoms with Crippen LogP contribution in [0.5, 0.6) is 0 Å². The van der Waals surface area contributed by atoms with E-state index in [-0.39, 0.29) is 5.91 Å². The van der Waals surface area contributed by atoms with Crippen molar-refractivity contribution in [1.82, 2.24) is 4.90 Å². The van der Waals surface area contributed by atoms with Crippen LogP contribution in [0.25, 0.3) is 0 Å². The van der Waals surface area contributed by atoms with Crippen LogP contribution in [0, 0.1) is 5.92 Å². The minimum Gasteiger partial charge on any atom is -0.336 e. The summed E-state index contributed by atoms with van der Waals surface area (Å²) in [6, 6.07) is 8.15. The third-order valence-corrected chi connectivity index (χ3v) is 4.71. The Bertz CT molecular complexity index is 450. The van der Waals surface area contributed by atoms with E-state index in [9.17, 15) is 4.79 Å². The highest BCUT2D eigenvalue weighted by Gasteiger charge is 2.29. The minimum absolute atomic E-state index is 0.149. The number of piperidine rings is 1. The first-order chi connectivity index (χ1) is 9.17. The van der Waals surface area contributed by atoms with Crippen molar-refractivity contribution in [2.45, 2.75) is 30.7 Å². The first-order valence-electron chi connectivity index (χ1n) is 6.81. The molecule has 0 aliphatic carbocycles. The molecule has 0 radical (unpaired) electrons. The lowest BCUT2D eigenvalue weighted by Gasteiger charge is -2.38. The normalized spacial score (nSPS) is 23.4. The molecule has 19 heavy (non-hydrogen) atoms. The number of rotatable bonds is 3. The summed E-state index contributed by atoms with van der Waals surface area (Å²) in [4.78, 5) is 15.8. The first kappa shape index (κ1) is 14.4. The molecule has 0 spiro atoms. The highest BCUT2D eigenvalue weighted by molar-refractivity contribution is 7.98. The van der Waals surface area contributed by atoms with Crippen LogP contribution < -0.4 is 5.73 Å². The second-order valence-electron chi connectivity index (χ2n) is 5.19. The zero-order chi connectivity index (χ0) is 13.8. The summed E-state index contributed by atoms with van der Waals surface area (Å²) in [6.07, 6.45) is 4.19. The Hall–Kier alpha value is -1.00. The molecule has 0 bridgehead atoms. The largest absolute Gasteiger partial charge is 0.336 e. The van der Waals surface area contributed by atoms with Gasteiger partial charge >= 0.3 is 0 Å². The van der Waals surface area contributed by atoms with Crippen LogP contribution in [-0.2, 0) is 0 Å². The fourth-order valence-corrected chi connectivity index (χ4v) is 3.22. The lowest BCUT2D eigenvalue weighted by atomic mass is 9.93. The lowest BCUT2D eigenvalue weighted by Crippen LogP contribution is -2.47. The van der Waals surface area contributed by atoms with Crippen LogP contribution in [0.1, 0.15) is 30.1 Å². The SMILES string of the molecule is CSc1ccccc1C(=O)N1CC(CN)CCC1C. The Balaban J connectivity index is 2.22. The topological polar surface area (TPSA) is 46.3 Å². The number of thioether (sulfide) groups is 1. The predicted molar refractivity (Wildman–Crippen MR) is 80.5 cm³/mol. The second-order valence-corrected chi connectivity index (χ2v) is 6.03. The van der Waals surface area contributed by atoms with Crippen molar-refractivity contribution in [3.05, 3.63) is 29.8 Å². The van der Waals surface area contributed by atoms with Crippen molar-refractivity contribution in [3.8, 4) is 0 Å². The van der Waals surface area contributed by atoms with E-state index < -0.39 is 0 Å². The number of likely N-dealkylation sites (tertiary alicyclic amines) is 1. The van der Waals surface area contributed by atoms with Gasteiger partial charge in [-0.1, -0.05) is 12.1 Å². The highest BCUT2D eigenvalue weighted by Crippen LogP contribution is 2.26. The van der Waals surface area contributed by atoms with Crippen LogP contribution in [0.2, 0.25) is 0 Å². The summed E-state index contributed by atoms with van der Waals surface area (Å²) >= 11 is 1.62. The Morgan fingerprint density at radius 1 is 1.42 bits per heavy atom. The fourth-order valence-electron chi connectivity index (χ4n) is 2.63. The van der Waals surface area contributed by atoms with E-state index in [1.54, 1.807) is 11.8 Å². The summed E-state index contributed by atoms with van der Waals surface area (Å²) in [5.41, 5.74) is 6.58. The first-order valence-corrected chi connectivity index (χ1v) is 8.04. The Labute approximate surface area is 119 Å². The Morgan fingerprint density at radius 2 is 2.16 bits per heavy atom. The van der Waals surface area contributed by atoms with Gasteiger partial charge in [0.15, 0.2) is 0 Å². The molecular weight excluding hydrogens is 256 g/mol. The molecule has 1 aliphatic heterocycles. The number of nitrogens with two attached hydrogens (primary N) is 1. The second kappa shape index (κ2) is 6.44. The molecule has 4 heteroatoms. The third kappa shape index (κ3) is 3.12. The van der Waals surface area contributed by atoms with E-state index in [0.717, 1.165) is 29.8 Å². The number of nitrogens with zero attached hydrogens (tertiary/aromatic N) is 1. The molecule has 1 heterocycles. The van der Waals surface area contributed by atoms with E-state index in [0.29, 0.717) is 18.5 Å². The zero-order valence-corrected chi connectivity index (χ0v) is 12.5. The summed E-state index contributed by atoms with van der Waals surface area (Å²) < 4.78 is 0. The van der Waals surface area contributed by atoms with Crippen molar-refractivity contribution in [1.29, 1.82) is 0 Å². The molecule has 1 fully saturated rings. The van der Waals surface area contributed by atoms with Crippen molar-refractivity contribution < 1.29 is 4.79 Å². The minimum atomic E-state index is 0.149. The zero-order valence-electron chi connectivity index (χ0n) is 11.6. The van der Waals surface area contributed by atoms with Gasteiger partial charge in [-0.2, -0.15) is 0 Å². The molecule has 2 unspecified atom stereocenters. The lowest BCUT2D eigenvalue weighted by molar-refractivity contribution is 0.0563. The van der Waals surface area contributed by atoms with E-state index in [1.807, 2.05) is 35.4 Å². The van der Waals surface area contributed by atoms with Gasteiger partial charge in [0.1, 0.15) is 0 Å². The average molecular weight is 278 g/mol. The molecule has 1 saturated heterocycles. The summed E-state index contributed by atoms with van der Waals surface area (Å²) in [5.74, 6) is 0.595. The standard InChI is InChI=1S/C15H22N2OS/c1-11-7-8-12(9-16)10-17(11)15(18)13-5-3-4-6-14(13)19-2/h3-6,11-12H,7-10,16H2,1-2H3. The summed E-state index contributed by atoms with van der Waals surface area (Å²) in [7, 11) is 0. The van der Waals surface area contributed by atoms with E-state index >= 15 is 0 Å². The van der Waals surface area contributed by atoms with Gasteiger partial charge in [0, 0.05) is 17.5 Å². The fraction of sp³-hybridized carbons (Fsp3) is 0.533. The third-order valence-electron chi connectivity index (χ3n) is 3.91. The molecule has 2 N–H and O–H groups in total. The average Bonchev–Trinajstić information content (AvgIpc) is 2.47. The number of carbonyl (C=O) groups is 1. The van der Waals surface area contributed by atoms with Gasteiger partial charge in [0.25, 0.3) is 5.91 Å². The maximum atomic E-state index is 12.7. The Morgan fingerprint density at radius 3 is 2.84 bits per heavy atom. The smallest absolute Gasteiger partial charge is 0.255 e. The highest BCUT2D eigenvalue weighted by atomic mass is 32.2. The number of amides is 1. The van der Waals surface area contributed by atoms with Crippen LogP contribution >= 0.6 is 11.8 Å². The van der Waals surface area contributed by atoms with Gasteiger partial charge in [-0.3, -0.25) is 4.79 Å². The molecule has 0 saturated carbocycles. The van der Waals surface area contributed by atoms with E-state index in [1.165, 1.54) is 0 Å². The molecule has 104 valence electrons. The molecule has 1 aliphatic rings. The quantitative estimate of drug-likeness (QED) is 0.865. The van der Waals surface area contributed by atoms with E-state index in [4.69, 9.17) is 5.73 Å². The van der Waals surface area contributed by atoms with Gasteiger partial charge in [-0.15, -0.1) is 11.8 Å². The number of carbonyl (C=O) groups excluding carboxylic acids is 1. The van der Waals surface area contributed by atoms with Crippen molar-refractivity contribution in [2.24, 2.45) is 11.7 Å². The van der Waals surface area contributed by atoms with Crippen LogP contribution in [-0.4, -0.2) is 36.2 Å². The van der Waals surface area contributed by atoms with Crippen LogP contribution in [0.3, 0.4) is 0 Å². The predicted octanol–water partition coefficient (Wildman–Crippen LogP) is 2.61. The summed E-state index contributed by atoms with van der Waals surface area (Å²) in [5, 5.41) is 0. The maximum Gasteiger partial charge on any atom is 0.255 e.